The zero-order valence-corrected chi connectivity index (χ0v) is 8.95. The molecule has 82 valence electrons. The molecular weight excluding hydrogens is 176 g/mol. The summed E-state index contributed by atoms with van der Waals surface area (Å²) in [5.41, 5.74) is 5.41. The highest BCUT2D eigenvalue weighted by molar-refractivity contribution is 4.80. The molecule has 0 aromatic carbocycles. The Kier molecular flexibility index (Phi) is 3.79. The van der Waals surface area contributed by atoms with Gasteiger partial charge in [0.25, 0.3) is 0 Å². The molecule has 2 aliphatic rings. The van der Waals surface area contributed by atoms with E-state index in [0.29, 0.717) is 12.6 Å². The van der Waals surface area contributed by atoms with Crippen LogP contribution in [0.25, 0.3) is 0 Å². The number of likely N-dealkylation sites (tertiary alicyclic amines) is 1. The summed E-state index contributed by atoms with van der Waals surface area (Å²) in [5.74, 6) is 1.02. The largest absolute Gasteiger partial charge is 0.377 e. The normalized spacial score (nSPS) is 25.5. The molecule has 1 saturated carbocycles. The topological polar surface area (TPSA) is 38.5 Å². The molecule has 14 heavy (non-hydrogen) atoms. The molecule has 0 radical (unpaired) electrons. The van der Waals surface area contributed by atoms with Crippen molar-refractivity contribution >= 4 is 0 Å². The first-order valence-corrected chi connectivity index (χ1v) is 5.92. The van der Waals surface area contributed by atoms with Crippen LogP contribution in [0.5, 0.6) is 0 Å². The highest BCUT2D eigenvalue weighted by atomic mass is 16.5. The van der Waals surface area contributed by atoms with Crippen LogP contribution in [-0.2, 0) is 4.74 Å². The Bertz CT molecular complexity index is 163. The summed E-state index contributed by atoms with van der Waals surface area (Å²) in [7, 11) is 0. The fourth-order valence-electron chi connectivity index (χ4n) is 2.16. The number of nitrogens with two attached hydrogens (primary N) is 1. The number of ether oxygens (including phenoxy) is 1. The SMILES string of the molecule is NCCOC1CCN(CC2CC2)CC1. The van der Waals surface area contributed by atoms with Crippen molar-refractivity contribution in [1.82, 2.24) is 4.90 Å². The summed E-state index contributed by atoms with van der Waals surface area (Å²) < 4.78 is 5.65. The van der Waals surface area contributed by atoms with E-state index in [1.54, 1.807) is 0 Å². The first-order chi connectivity index (χ1) is 6.88. The minimum absolute atomic E-state index is 0.481. The van der Waals surface area contributed by atoms with E-state index in [1.807, 2.05) is 0 Å². The lowest BCUT2D eigenvalue weighted by Crippen LogP contribution is -2.38. The fraction of sp³-hybridized carbons (Fsp3) is 1.00. The van der Waals surface area contributed by atoms with E-state index >= 15 is 0 Å². The Morgan fingerprint density at radius 2 is 1.86 bits per heavy atom. The monoisotopic (exact) mass is 198 g/mol. The summed E-state index contributed by atoms with van der Waals surface area (Å²) >= 11 is 0. The van der Waals surface area contributed by atoms with Crippen LogP contribution in [0.1, 0.15) is 25.7 Å². The molecule has 0 bridgehead atoms. The summed E-state index contributed by atoms with van der Waals surface area (Å²) in [5, 5.41) is 0. The van der Waals surface area contributed by atoms with Gasteiger partial charge in [0.05, 0.1) is 12.7 Å². The van der Waals surface area contributed by atoms with Gasteiger partial charge in [-0.3, -0.25) is 0 Å². The Morgan fingerprint density at radius 3 is 2.43 bits per heavy atom. The highest BCUT2D eigenvalue weighted by Crippen LogP contribution is 2.30. The quantitative estimate of drug-likeness (QED) is 0.711. The van der Waals surface area contributed by atoms with E-state index in [-0.39, 0.29) is 0 Å². The number of hydrogen-bond donors (Lipinski definition) is 1. The molecule has 0 amide bonds. The van der Waals surface area contributed by atoms with E-state index in [9.17, 15) is 0 Å². The molecule has 2 rings (SSSR count). The molecular formula is C11H22N2O. The molecule has 0 atom stereocenters. The van der Waals surface area contributed by atoms with Crippen LogP contribution in [0.2, 0.25) is 0 Å². The molecule has 2 fully saturated rings. The second-order valence-electron chi connectivity index (χ2n) is 4.60. The van der Waals surface area contributed by atoms with Gasteiger partial charge in [0.15, 0.2) is 0 Å². The molecule has 0 aromatic rings. The average molecular weight is 198 g/mol. The van der Waals surface area contributed by atoms with Crippen LogP contribution in [0.4, 0.5) is 0 Å². The summed E-state index contributed by atoms with van der Waals surface area (Å²) in [6.07, 6.45) is 5.81. The molecule has 0 unspecified atom stereocenters. The van der Waals surface area contributed by atoms with Crippen molar-refractivity contribution in [3.8, 4) is 0 Å². The van der Waals surface area contributed by atoms with Crippen molar-refractivity contribution in [2.75, 3.05) is 32.8 Å². The third kappa shape index (κ3) is 3.23. The van der Waals surface area contributed by atoms with E-state index in [1.165, 1.54) is 45.3 Å². The van der Waals surface area contributed by atoms with Gasteiger partial charge in [0.2, 0.25) is 0 Å². The first kappa shape index (κ1) is 10.4. The lowest BCUT2D eigenvalue weighted by Gasteiger charge is -2.31. The fourth-order valence-corrected chi connectivity index (χ4v) is 2.16. The van der Waals surface area contributed by atoms with E-state index in [0.717, 1.165) is 12.5 Å². The summed E-state index contributed by atoms with van der Waals surface area (Å²) in [4.78, 5) is 2.60. The molecule has 1 aliphatic heterocycles. The van der Waals surface area contributed by atoms with Gasteiger partial charge in [-0.1, -0.05) is 0 Å². The minimum Gasteiger partial charge on any atom is -0.377 e. The predicted octanol–water partition coefficient (Wildman–Crippen LogP) is 0.836. The Balaban J connectivity index is 1.59. The van der Waals surface area contributed by atoms with Gasteiger partial charge in [-0.05, 0) is 31.6 Å². The van der Waals surface area contributed by atoms with E-state index < -0.39 is 0 Å². The van der Waals surface area contributed by atoms with Crippen LogP contribution in [-0.4, -0.2) is 43.8 Å². The van der Waals surface area contributed by atoms with Gasteiger partial charge < -0.3 is 15.4 Å². The smallest absolute Gasteiger partial charge is 0.0600 e. The zero-order valence-electron chi connectivity index (χ0n) is 8.95. The van der Waals surface area contributed by atoms with Crippen molar-refractivity contribution in [1.29, 1.82) is 0 Å². The number of nitrogens with zero attached hydrogens (tertiary/aromatic N) is 1. The molecule has 0 spiro atoms. The van der Waals surface area contributed by atoms with Gasteiger partial charge in [-0.15, -0.1) is 0 Å². The summed E-state index contributed by atoms with van der Waals surface area (Å²) in [6, 6.07) is 0. The van der Waals surface area contributed by atoms with Crippen molar-refractivity contribution in [2.24, 2.45) is 11.7 Å². The van der Waals surface area contributed by atoms with Gasteiger partial charge in [-0.2, -0.15) is 0 Å². The maximum absolute atomic E-state index is 5.65. The second-order valence-corrected chi connectivity index (χ2v) is 4.60. The van der Waals surface area contributed by atoms with Crippen LogP contribution in [0, 0.1) is 5.92 Å². The molecule has 1 aliphatic carbocycles. The molecule has 1 saturated heterocycles. The van der Waals surface area contributed by atoms with Crippen LogP contribution >= 0.6 is 0 Å². The van der Waals surface area contributed by atoms with Gasteiger partial charge in [0.1, 0.15) is 0 Å². The summed E-state index contributed by atoms with van der Waals surface area (Å²) in [6.45, 7) is 5.18. The third-order valence-electron chi connectivity index (χ3n) is 3.22. The van der Waals surface area contributed by atoms with E-state index in [4.69, 9.17) is 10.5 Å². The van der Waals surface area contributed by atoms with Gasteiger partial charge in [0, 0.05) is 26.2 Å². The van der Waals surface area contributed by atoms with Crippen LogP contribution in [0.3, 0.4) is 0 Å². The molecule has 1 heterocycles. The number of hydrogen-bond acceptors (Lipinski definition) is 3. The molecule has 0 aromatic heterocycles. The van der Waals surface area contributed by atoms with E-state index in [2.05, 4.69) is 4.90 Å². The standard InChI is InChI=1S/C11H22N2O/c12-5-8-14-11-3-6-13(7-4-11)9-10-1-2-10/h10-11H,1-9,12H2. The van der Waals surface area contributed by atoms with Crippen molar-refractivity contribution < 1.29 is 4.74 Å². The van der Waals surface area contributed by atoms with Crippen LogP contribution < -0.4 is 5.73 Å². The lowest BCUT2D eigenvalue weighted by atomic mass is 10.1. The first-order valence-electron chi connectivity index (χ1n) is 5.92. The molecule has 3 nitrogen and oxygen atoms in total. The van der Waals surface area contributed by atoms with Crippen molar-refractivity contribution in [3.05, 3.63) is 0 Å². The predicted molar refractivity (Wildman–Crippen MR) is 57.2 cm³/mol. The van der Waals surface area contributed by atoms with Crippen LogP contribution in [0.15, 0.2) is 0 Å². The zero-order chi connectivity index (χ0) is 9.80. The number of rotatable bonds is 5. The van der Waals surface area contributed by atoms with Crippen molar-refractivity contribution in [3.63, 3.8) is 0 Å². The molecule has 3 heteroatoms. The Labute approximate surface area is 86.6 Å². The van der Waals surface area contributed by atoms with Gasteiger partial charge >= 0.3 is 0 Å². The minimum atomic E-state index is 0.481. The number of piperidine rings is 1. The third-order valence-corrected chi connectivity index (χ3v) is 3.22. The van der Waals surface area contributed by atoms with Gasteiger partial charge in [-0.25, -0.2) is 0 Å². The average Bonchev–Trinajstić information content (AvgIpc) is 3.01. The molecule has 2 N–H and O–H groups in total. The lowest BCUT2D eigenvalue weighted by molar-refractivity contribution is 0.0106. The maximum Gasteiger partial charge on any atom is 0.0600 e. The maximum atomic E-state index is 5.65. The highest BCUT2D eigenvalue weighted by Gasteiger charge is 2.26. The van der Waals surface area contributed by atoms with Crippen molar-refractivity contribution in [2.45, 2.75) is 31.8 Å². The Hall–Kier alpha value is -0.120. The Morgan fingerprint density at radius 1 is 1.14 bits per heavy atom. The second kappa shape index (κ2) is 5.10.